The molecule has 1 aliphatic heterocycles. The summed E-state index contributed by atoms with van der Waals surface area (Å²) in [4.78, 5) is 37.4. The molecule has 3 aromatic rings. The first-order valence-corrected chi connectivity index (χ1v) is 8.62. The summed E-state index contributed by atoms with van der Waals surface area (Å²) in [5.74, 6) is 0.612. The predicted octanol–water partition coefficient (Wildman–Crippen LogP) is 1.47. The number of hydrogen-bond donors (Lipinski definition) is 1. The largest absolute Gasteiger partial charge is 0.449 e. The third kappa shape index (κ3) is 2.92. The second kappa shape index (κ2) is 6.45. The average molecular weight is 355 g/mol. The number of amides is 2. The molecule has 2 amide bonds. The van der Waals surface area contributed by atoms with Crippen LogP contribution in [0.2, 0.25) is 0 Å². The second-order valence-corrected chi connectivity index (χ2v) is 6.73. The molecule has 0 unspecified atom stereocenters. The van der Waals surface area contributed by atoms with Gasteiger partial charge in [-0.2, -0.15) is 0 Å². The van der Waals surface area contributed by atoms with Gasteiger partial charge in [-0.3, -0.25) is 9.69 Å². The first-order chi connectivity index (χ1) is 12.5. The van der Waals surface area contributed by atoms with Crippen LogP contribution in [0.25, 0.3) is 22.1 Å². The molecular weight excluding hydrogens is 334 g/mol. The molecule has 8 nitrogen and oxygen atoms in total. The summed E-state index contributed by atoms with van der Waals surface area (Å²) in [6.07, 6.45) is 0. The minimum atomic E-state index is -0.261. The Morgan fingerprint density at radius 3 is 2.69 bits per heavy atom. The maximum absolute atomic E-state index is 12.4. The molecule has 4 rings (SSSR count). The van der Waals surface area contributed by atoms with E-state index in [0.717, 1.165) is 18.5 Å². The van der Waals surface area contributed by atoms with Crippen molar-refractivity contribution >= 4 is 28.1 Å². The first kappa shape index (κ1) is 16.6. The Bertz CT molecular complexity index is 1010. The van der Waals surface area contributed by atoms with Crippen molar-refractivity contribution in [1.82, 2.24) is 24.7 Å². The van der Waals surface area contributed by atoms with Crippen LogP contribution in [0.3, 0.4) is 0 Å². The molecule has 2 aromatic heterocycles. The molecule has 26 heavy (non-hydrogen) atoms. The fourth-order valence-electron chi connectivity index (χ4n) is 3.31. The van der Waals surface area contributed by atoms with E-state index in [4.69, 9.17) is 4.42 Å². The highest BCUT2D eigenvalue weighted by atomic mass is 16.3. The number of hydrogen-bond acceptors (Lipinski definition) is 5. The standard InChI is InChI=1S/C18H21N5O3/c1-21(2)18(25)23-9-7-22(8-10-23)11-14-19-15-12-5-3-4-6-13(12)26-16(15)17(24)20-14/h3-6H,7-11H2,1-2H3,(H,19,20,24). The highest BCUT2D eigenvalue weighted by molar-refractivity contribution is 6.01. The van der Waals surface area contributed by atoms with Gasteiger partial charge in [0.25, 0.3) is 5.56 Å². The lowest BCUT2D eigenvalue weighted by Crippen LogP contribution is -2.51. The SMILES string of the molecule is CN(C)C(=O)N1CCN(Cc2nc3c(oc4ccccc43)c(=O)[nH]2)CC1. The van der Waals surface area contributed by atoms with Crippen LogP contribution in [-0.2, 0) is 6.54 Å². The number of piperazine rings is 1. The summed E-state index contributed by atoms with van der Waals surface area (Å²) >= 11 is 0. The van der Waals surface area contributed by atoms with Crippen LogP contribution >= 0.6 is 0 Å². The van der Waals surface area contributed by atoms with Crippen molar-refractivity contribution in [3.05, 3.63) is 40.4 Å². The van der Waals surface area contributed by atoms with Crippen LogP contribution < -0.4 is 5.56 Å². The molecule has 1 N–H and O–H groups in total. The topological polar surface area (TPSA) is 85.7 Å². The fraction of sp³-hybridized carbons (Fsp3) is 0.389. The summed E-state index contributed by atoms with van der Waals surface area (Å²) in [6.45, 7) is 3.35. The summed E-state index contributed by atoms with van der Waals surface area (Å²) in [7, 11) is 3.52. The average Bonchev–Trinajstić information content (AvgIpc) is 3.01. The Hall–Kier alpha value is -2.87. The number of carbonyl (C=O) groups excluding carboxylic acids is 1. The number of H-pyrrole nitrogens is 1. The van der Waals surface area contributed by atoms with Gasteiger partial charge in [0.15, 0.2) is 0 Å². The second-order valence-electron chi connectivity index (χ2n) is 6.73. The highest BCUT2D eigenvalue weighted by Crippen LogP contribution is 2.24. The number of aromatic amines is 1. The Morgan fingerprint density at radius 2 is 1.96 bits per heavy atom. The van der Waals surface area contributed by atoms with E-state index in [-0.39, 0.29) is 17.2 Å². The van der Waals surface area contributed by atoms with Gasteiger partial charge in [-0.05, 0) is 12.1 Å². The summed E-state index contributed by atoms with van der Waals surface area (Å²) in [6, 6.07) is 7.54. The molecule has 0 spiro atoms. The van der Waals surface area contributed by atoms with Gasteiger partial charge in [-0.1, -0.05) is 12.1 Å². The number of nitrogens with one attached hydrogen (secondary N) is 1. The molecule has 0 bridgehead atoms. The van der Waals surface area contributed by atoms with Crippen LogP contribution in [0.5, 0.6) is 0 Å². The number of urea groups is 1. The van der Waals surface area contributed by atoms with Crippen LogP contribution in [0, 0.1) is 0 Å². The Kier molecular flexibility index (Phi) is 4.12. The van der Waals surface area contributed by atoms with Crippen LogP contribution in [0.4, 0.5) is 4.79 Å². The molecule has 3 heterocycles. The lowest BCUT2D eigenvalue weighted by atomic mass is 10.2. The molecule has 1 saturated heterocycles. The molecule has 136 valence electrons. The molecular formula is C18H21N5O3. The fourth-order valence-corrected chi connectivity index (χ4v) is 3.31. The monoisotopic (exact) mass is 355 g/mol. The van der Waals surface area contributed by atoms with Crippen molar-refractivity contribution in [3.63, 3.8) is 0 Å². The quantitative estimate of drug-likeness (QED) is 0.752. The summed E-state index contributed by atoms with van der Waals surface area (Å²) in [5.41, 5.74) is 1.26. The minimum absolute atomic E-state index is 0.0301. The van der Waals surface area contributed by atoms with Gasteiger partial charge >= 0.3 is 6.03 Å². The molecule has 1 aromatic carbocycles. The molecule has 1 fully saturated rings. The number of benzene rings is 1. The zero-order chi connectivity index (χ0) is 18.3. The number of nitrogens with zero attached hydrogens (tertiary/aromatic N) is 4. The Balaban J connectivity index is 1.54. The van der Waals surface area contributed by atoms with Crippen molar-refractivity contribution in [2.24, 2.45) is 0 Å². The smallest absolute Gasteiger partial charge is 0.319 e. The van der Waals surface area contributed by atoms with Crippen molar-refractivity contribution in [2.75, 3.05) is 40.3 Å². The third-order valence-electron chi connectivity index (χ3n) is 4.68. The molecule has 0 atom stereocenters. The van der Waals surface area contributed by atoms with Crippen molar-refractivity contribution in [2.45, 2.75) is 6.54 Å². The molecule has 1 aliphatic rings. The first-order valence-electron chi connectivity index (χ1n) is 8.62. The maximum Gasteiger partial charge on any atom is 0.319 e. The van der Waals surface area contributed by atoms with E-state index >= 15 is 0 Å². The lowest BCUT2D eigenvalue weighted by Gasteiger charge is -2.35. The van der Waals surface area contributed by atoms with Crippen molar-refractivity contribution in [1.29, 1.82) is 0 Å². The molecule has 0 saturated carbocycles. The normalized spacial score (nSPS) is 15.7. The lowest BCUT2D eigenvalue weighted by molar-refractivity contribution is 0.118. The van der Waals surface area contributed by atoms with E-state index in [0.29, 0.717) is 36.6 Å². The van der Waals surface area contributed by atoms with Gasteiger partial charge in [0.2, 0.25) is 5.58 Å². The number of fused-ring (bicyclic) bond motifs is 3. The van der Waals surface area contributed by atoms with Crippen molar-refractivity contribution in [3.8, 4) is 0 Å². The number of furan rings is 1. The summed E-state index contributed by atoms with van der Waals surface area (Å²) < 4.78 is 5.62. The molecule has 0 aliphatic carbocycles. The number of aromatic nitrogens is 2. The van der Waals surface area contributed by atoms with Gasteiger partial charge < -0.3 is 19.2 Å². The Morgan fingerprint density at radius 1 is 1.23 bits per heavy atom. The van der Waals surface area contributed by atoms with Crippen LogP contribution in [0.1, 0.15) is 5.82 Å². The van der Waals surface area contributed by atoms with Gasteiger partial charge in [0.1, 0.15) is 16.9 Å². The zero-order valence-corrected chi connectivity index (χ0v) is 14.9. The zero-order valence-electron chi connectivity index (χ0n) is 14.9. The van der Waals surface area contributed by atoms with Gasteiger partial charge in [-0.25, -0.2) is 9.78 Å². The van der Waals surface area contributed by atoms with Gasteiger partial charge in [0.05, 0.1) is 6.54 Å². The van der Waals surface area contributed by atoms with E-state index in [1.54, 1.807) is 19.0 Å². The molecule has 8 heteroatoms. The molecule has 0 radical (unpaired) electrons. The van der Waals surface area contributed by atoms with E-state index in [1.165, 1.54) is 0 Å². The van der Waals surface area contributed by atoms with Crippen molar-refractivity contribution < 1.29 is 9.21 Å². The van der Waals surface area contributed by atoms with Gasteiger partial charge in [-0.15, -0.1) is 0 Å². The predicted molar refractivity (Wildman–Crippen MR) is 98.1 cm³/mol. The third-order valence-corrected chi connectivity index (χ3v) is 4.68. The minimum Gasteiger partial charge on any atom is -0.449 e. The van der Waals surface area contributed by atoms with E-state index in [9.17, 15) is 9.59 Å². The van der Waals surface area contributed by atoms with E-state index < -0.39 is 0 Å². The highest BCUT2D eigenvalue weighted by Gasteiger charge is 2.23. The van der Waals surface area contributed by atoms with Crippen LogP contribution in [0.15, 0.2) is 33.5 Å². The van der Waals surface area contributed by atoms with E-state index in [1.807, 2.05) is 29.2 Å². The van der Waals surface area contributed by atoms with Gasteiger partial charge in [0, 0.05) is 45.7 Å². The number of para-hydroxylation sites is 1. The van der Waals surface area contributed by atoms with Crippen LogP contribution in [-0.4, -0.2) is 71.0 Å². The Labute approximate surface area is 150 Å². The number of rotatable bonds is 2. The van der Waals surface area contributed by atoms with E-state index in [2.05, 4.69) is 14.9 Å². The summed E-state index contributed by atoms with van der Waals surface area (Å²) in [5, 5.41) is 0.844. The number of carbonyl (C=O) groups is 1. The maximum atomic E-state index is 12.4.